The van der Waals surface area contributed by atoms with Crippen molar-refractivity contribution in [1.82, 2.24) is 0 Å². The summed E-state index contributed by atoms with van der Waals surface area (Å²) in [7, 11) is 0. The maximum atomic E-state index is 13.2. The van der Waals surface area contributed by atoms with Gasteiger partial charge in [-0.3, -0.25) is 9.59 Å². The zero-order valence-electron chi connectivity index (χ0n) is 21.5. The second-order valence-corrected chi connectivity index (χ2v) is 10.9. The summed E-state index contributed by atoms with van der Waals surface area (Å²) in [6.07, 6.45) is 18.5. The number of Topliss-reactive ketones (excluding diaryl/α,β-unsaturated/α-hetero) is 2. The van der Waals surface area contributed by atoms with Gasteiger partial charge in [0.05, 0.1) is 0 Å². The molecule has 0 amide bonds. The molecular formula is C31H48O2. The third-order valence-corrected chi connectivity index (χ3v) is 8.60. The normalized spacial score (nSPS) is 23.6. The largest absolute Gasteiger partial charge is 0.299 e. The highest BCUT2D eigenvalue weighted by Gasteiger charge is 2.38. The molecule has 184 valence electrons. The molecule has 4 atom stereocenters. The average Bonchev–Trinajstić information content (AvgIpc) is 2.85. The van der Waals surface area contributed by atoms with Crippen molar-refractivity contribution in [2.75, 3.05) is 0 Å². The zero-order chi connectivity index (χ0) is 23.5. The average molecular weight is 453 g/mol. The van der Waals surface area contributed by atoms with E-state index in [9.17, 15) is 9.59 Å². The molecule has 0 aliphatic heterocycles. The van der Waals surface area contributed by atoms with Gasteiger partial charge in [0.15, 0.2) is 0 Å². The van der Waals surface area contributed by atoms with Gasteiger partial charge in [-0.2, -0.15) is 0 Å². The van der Waals surface area contributed by atoms with Crippen LogP contribution in [0.1, 0.15) is 121 Å². The lowest BCUT2D eigenvalue weighted by Gasteiger charge is -2.40. The number of hydrogen-bond acceptors (Lipinski definition) is 2. The van der Waals surface area contributed by atoms with Crippen LogP contribution in [0.15, 0.2) is 24.3 Å². The van der Waals surface area contributed by atoms with Crippen molar-refractivity contribution in [2.24, 2.45) is 23.7 Å². The molecular weight excluding hydrogens is 404 g/mol. The Labute approximate surface area is 203 Å². The van der Waals surface area contributed by atoms with Gasteiger partial charge < -0.3 is 0 Å². The Bertz CT molecular complexity index is 734. The van der Waals surface area contributed by atoms with Crippen LogP contribution in [0.4, 0.5) is 0 Å². The molecule has 3 rings (SSSR count). The Balaban J connectivity index is 1.49. The Kier molecular flexibility index (Phi) is 11.2. The molecule has 0 spiro atoms. The van der Waals surface area contributed by atoms with Gasteiger partial charge in [0.2, 0.25) is 0 Å². The van der Waals surface area contributed by atoms with Gasteiger partial charge in [-0.1, -0.05) is 89.5 Å². The van der Waals surface area contributed by atoms with E-state index in [0.717, 1.165) is 57.3 Å². The lowest BCUT2D eigenvalue weighted by atomic mass is 9.64. The fraction of sp³-hybridized carbons (Fsp3) is 0.742. The predicted molar refractivity (Wildman–Crippen MR) is 138 cm³/mol. The number of hydrogen-bond donors (Lipinski definition) is 0. The number of aryl methyl sites for hydroxylation is 2. The highest BCUT2D eigenvalue weighted by Crippen LogP contribution is 2.44. The predicted octanol–water partition coefficient (Wildman–Crippen LogP) is 8.29. The number of ketones is 2. The summed E-state index contributed by atoms with van der Waals surface area (Å²) >= 11 is 0. The second kappa shape index (κ2) is 14.1. The lowest BCUT2D eigenvalue weighted by molar-refractivity contribution is -0.131. The van der Waals surface area contributed by atoms with Crippen molar-refractivity contribution < 1.29 is 9.59 Å². The van der Waals surface area contributed by atoms with Gasteiger partial charge in [0, 0.05) is 24.7 Å². The van der Waals surface area contributed by atoms with E-state index in [-0.39, 0.29) is 11.8 Å². The van der Waals surface area contributed by atoms with Gasteiger partial charge in [-0.25, -0.2) is 0 Å². The monoisotopic (exact) mass is 452 g/mol. The molecule has 1 aromatic rings. The topological polar surface area (TPSA) is 34.1 Å². The van der Waals surface area contributed by atoms with Crippen molar-refractivity contribution in [2.45, 2.75) is 123 Å². The number of carbonyl (C=O) groups excluding carboxylic acids is 2. The minimum absolute atomic E-state index is 0.143. The summed E-state index contributed by atoms with van der Waals surface area (Å²) in [5, 5.41) is 0. The van der Waals surface area contributed by atoms with Crippen LogP contribution in [0.3, 0.4) is 0 Å². The van der Waals surface area contributed by atoms with Crippen LogP contribution in [-0.2, 0) is 22.4 Å². The van der Waals surface area contributed by atoms with Crippen LogP contribution < -0.4 is 0 Å². The Hall–Kier alpha value is -1.44. The SMILES string of the molecule is CCCCC(CCCc1ccccc1CCC)C(=O)CCC(=O)C1CCCC2CCCCC21. The van der Waals surface area contributed by atoms with Crippen LogP contribution in [0.2, 0.25) is 0 Å². The number of benzene rings is 1. The number of rotatable bonds is 14. The molecule has 33 heavy (non-hydrogen) atoms. The quantitative estimate of drug-likeness (QED) is 0.284. The van der Waals surface area contributed by atoms with Crippen LogP contribution >= 0.6 is 0 Å². The third kappa shape index (κ3) is 7.79. The van der Waals surface area contributed by atoms with Crippen molar-refractivity contribution in [3.8, 4) is 0 Å². The van der Waals surface area contributed by atoms with Crippen molar-refractivity contribution in [3.63, 3.8) is 0 Å². The highest BCUT2D eigenvalue weighted by molar-refractivity contribution is 5.88. The summed E-state index contributed by atoms with van der Waals surface area (Å²) < 4.78 is 0. The molecule has 2 fully saturated rings. The molecule has 0 N–H and O–H groups in total. The van der Waals surface area contributed by atoms with Gasteiger partial charge in [0.25, 0.3) is 0 Å². The van der Waals surface area contributed by atoms with Crippen molar-refractivity contribution in [1.29, 1.82) is 0 Å². The maximum Gasteiger partial charge on any atom is 0.136 e. The first-order chi connectivity index (χ1) is 16.1. The van der Waals surface area contributed by atoms with Crippen molar-refractivity contribution in [3.05, 3.63) is 35.4 Å². The molecule has 1 aromatic carbocycles. The molecule has 2 heteroatoms. The third-order valence-electron chi connectivity index (χ3n) is 8.60. The fourth-order valence-electron chi connectivity index (χ4n) is 6.74. The smallest absolute Gasteiger partial charge is 0.136 e. The van der Waals surface area contributed by atoms with Gasteiger partial charge in [-0.05, 0) is 67.9 Å². The van der Waals surface area contributed by atoms with E-state index < -0.39 is 0 Å². The van der Waals surface area contributed by atoms with Crippen LogP contribution in [0.5, 0.6) is 0 Å². The van der Waals surface area contributed by atoms with Crippen LogP contribution in [0, 0.1) is 23.7 Å². The van der Waals surface area contributed by atoms with Gasteiger partial charge in [-0.15, -0.1) is 0 Å². The molecule has 2 aliphatic carbocycles. The number of fused-ring (bicyclic) bond motifs is 1. The lowest BCUT2D eigenvalue weighted by Crippen LogP contribution is -2.35. The molecule has 2 saturated carbocycles. The zero-order valence-corrected chi connectivity index (χ0v) is 21.5. The molecule has 0 radical (unpaired) electrons. The first kappa shape index (κ1) is 26.2. The summed E-state index contributed by atoms with van der Waals surface area (Å²) in [6, 6.07) is 8.80. The van der Waals surface area contributed by atoms with E-state index >= 15 is 0 Å². The van der Waals surface area contributed by atoms with Gasteiger partial charge in [0.1, 0.15) is 11.6 Å². The Morgan fingerprint density at radius 2 is 1.52 bits per heavy atom. The van der Waals surface area contributed by atoms with E-state index in [1.54, 1.807) is 0 Å². The molecule has 0 saturated heterocycles. The number of carbonyl (C=O) groups is 2. The van der Waals surface area contributed by atoms with E-state index in [1.807, 2.05) is 0 Å². The van der Waals surface area contributed by atoms with E-state index in [1.165, 1.54) is 56.1 Å². The highest BCUT2D eigenvalue weighted by atomic mass is 16.1. The molecule has 2 aliphatic rings. The minimum atomic E-state index is 0.143. The fourth-order valence-corrected chi connectivity index (χ4v) is 6.74. The molecule has 2 nitrogen and oxygen atoms in total. The van der Waals surface area contributed by atoms with E-state index in [0.29, 0.717) is 30.3 Å². The standard InChI is InChI=1S/C31H48O2/c1-3-5-13-27(19-10-17-25-15-7-6-14-24(25)12-4-2)30(32)22-23-31(33)29-21-11-18-26-16-8-9-20-28(26)29/h6-7,14-15,26-29H,3-5,8-13,16-23H2,1-2H3. The Morgan fingerprint density at radius 3 is 2.27 bits per heavy atom. The van der Waals surface area contributed by atoms with Crippen LogP contribution in [0.25, 0.3) is 0 Å². The molecule has 4 unspecified atom stereocenters. The molecule has 0 heterocycles. The summed E-state index contributed by atoms with van der Waals surface area (Å²) in [5.74, 6) is 2.56. The van der Waals surface area contributed by atoms with E-state index in [2.05, 4.69) is 38.1 Å². The molecule has 0 bridgehead atoms. The summed E-state index contributed by atoms with van der Waals surface area (Å²) in [6.45, 7) is 4.44. The first-order valence-electron chi connectivity index (χ1n) is 14.3. The van der Waals surface area contributed by atoms with Crippen LogP contribution in [-0.4, -0.2) is 11.6 Å². The van der Waals surface area contributed by atoms with Gasteiger partial charge >= 0.3 is 0 Å². The number of unbranched alkanes of at least 4 members (excludes halogenated alkanes) is 1. The Morgan fingerprint density at radius 1 is 0.818 bits per heavy atom. The first-order valence-corrected chi connectivity index (χ1v) is 14.3. The second-order valence-electron chi connectivity index (χ2n) is 10.9. The van der Waals surface area contributed by atoms with E-state index in [4.69, 9.17) is 0 Å². The van der Waals surface area contributed by atoms with Crippen molar-refractivity contribution >= 4 is 11.6 Å². The summed E-state index contributed by atoms with van der Waals surface area (Å²) in [5.41, 5.74) is 2.92. The molecule has 0 aromatic heterocycles. The maximum absolute atomic E-state index is 13.2. The summed E-state index contributed by atoms with van der Waals surface area (Å²) in [4.78, 5) is 26.3. The minimum Gasteiger partial charge on any atom is -0.299 e.